The van der Waals surface area contributed by atoms with Gasteiger partial charge in [0.25, 0.3) is 11.8 Å². The van der Waals surface area contributed by atoms with E-state index in [1.807, 2.05) is 28.0 Å². The molecule has 9 heteroatoms. The second-order valence-corrected chi connectivity index (χ2v) is 10.6. The van der Waals surface area contributed by atoms with Gasteiger partial charge in [0.1, 0.15) is 5.82 Å². The molecule has 0 aliphatic carbocycles. The molecule has 0 bridgehead atoms. The Morgan fingerprint density at radius 1 is 0.868 bits per heavy atom. The van der Waals surface area contributed by atoms with Gasteiger partial charge in [-0.3, -0.25) is 19.3 Å². The fourth-order valence-corrected chi connectivity index (χ4v) is 6.27. The van der Waals surface area contributed by atoms with Crippen molar-refractivity contribution in [1.82, 2.24) is 9.80 Å². The lowest BCUT2D eigenvalue weighted by Gasteiger charge is -2.40. The lowest BCUT2D eigenvalue weighted by Crippen LogP contribution is -2.53. The molecule has 2 atom stereocenters. The first-order valence-corrected chi connectivity index (χ1v) is 13.7. The standard InChI is InChI=1S/C29H33FN4O4/c30-23-9-1-2-10-24(23)31-13-15-32(16-14-31)27(35)20-6-4-12-33(18-20)25-11-3-8-22-26(25)29(37)34(28(22)36)19-21-7-5-17-38-21/h1-3,8-11,20-21H,4-7,12-19H2. The van der Waals surface area contributed by atoms with Crippen LogP contribution in [0.5, 0.6) is 0 Å². The normalized spacial score (nSPS) is 23.8. The molecule has 0 aromatic heterocycles. The number of carbonyl (C=O) groups excluding carboxylic acids is 3. The number of benzene rings is 2. The molecule has 0 spiro atoms. The topological polar surface area (TPSA) is 73.4 Å². The highest BCUT2D eigenvalue weighted by Crippen LogP contribution is 2.35. The quantitative estimate of drug-likeness (QED) is 0.564. The summed E-state index contributed by atoms with van der Waals surface area (Å²) < 4.78 is 19.9. The highest BCUT2D eigenvalue weighted by Gasteiger charge is 2.41. The van der Waals surface area contributed by atoms with Crippen molar-refractivity contribution in [2.45, 2.75) is 31.8 Å². The maximum atomic E-state index is 14.2. The Morgan fingerprint density at radius 2 is 1.66 bits per heavy atom. The molecule has 200 valence electrons. The molecule has 2 aromatic rings. The summed E-state index contributed by atoms with van der Waals surface area (Å²) in [4.78, 5) is 47.3. The third kappa shape index (κ3) is 4.53. The van der Waals surface area contributed by atoms with Crippen LogP contribution in [-0.4, -0.2) is 86.0 Å². The van der Waals surface area contributed by atoms with Gasteiger partial charge in [0.2, 0.25) is 5.91 Å². The number of rotatable bonds is 5. The van der Waals surface area contributed by atoms with Gasteiger partial charge in [-0.2, -0.15) is 0 Å². The minimum absolute atomic E-state index is 0.100. The summed E-state index contributed by atoms with van der Waals surface area (Å²) in [5.41, 5.74) is 2.19. The molecule has 4 aliphatic heterocycles. The van der Waals surface area contributed by atoms with E-state index in [0.717, 1.165) is 37.9 Å². The zero-order valence-corrected chi connectivity index (χ0v) is 21.5. The molecule has 8 nitrogen and oxygen atoms in total. The third-order valence-corrected chi connectivity index (χ3v) is 8.28. The van der Waals surface area contributed by atoms with Gasteiger partial charge in [0, 0.05) is 45.9 Å². The van der Waals surface area contributed by atoms with Crippen molar-refractivity contribution in [3.63, 3.8) is 0 Å². The summed E-state index contributed by atoms with van der Waals surface area (Å²) in [5.74, 6) is -0.853. The largest absolute Gasteiger partial charge is 0.376 e. The lowest BCUT2D eigenvalue weighted by molar-refractivity contribution is -0.136. The molecule has 6 rings (SSSR count). The molecule has 3 saturated heterocycles. The van der Waals surface area contributed by atoms with E-state index in [2.05, 4.69) is 4.90 Å². The number of nitrogens with zero attached hydrogens (tertiary/aromatic N) is 4. The minimum Gasteiger partial charge on any atom is -0.376 e. The Morgan fingerprint density at radius 3 is 2.42 bits per heavy atom. The van der Waals surface area contributed by atoms with Crippen molar-refractivity contribution >= 4 is 29.1 Å². The first-order chi connectivity index (χ1) is 18.5. The number of hydrogen-bond donors (Lipinski definition) is 0. The number of carbonyl (C=O) groups is 3. The number of fused-ring (bicyclic) bond motifs is 1. The molecule has 2 aromatic carbocycles. The van der Waals surface area contributed by atoms with Crippen LogP contribution in [0, 0.1) is 11.7 Å². The smallest absolute Gasteiger partial charge is 0.263 e. The maximum absolute atomic E-state index is 14.2. The van der Waals surface area contributed by atoms with Crippen molar-refractivity contribution < 1.29 is 23.5 Å². The molecule has 2 unspecified atom stereocenters. The van der Waals surface area contributed by atoms with E-state index in [0.29, 0.717) is 56.1 Å². The monoisotopic (exact) mass is 520 g/mol. The zero-order valence-electron chi connectivity index (χ0n) is 21.5. The Balaban J connectivity index is 1.13. The summed E-state index contributed by atoms with van der Waals surface area (Å²) in [6.07, 6.45) is 3.31. The van der Waals surface area contributed by atoms with Crippen molar-refractivity contribution in [2.75, 3.05) is 62.2 Å². The highest BCUT2D eigenvalue weighted by atomic mass is 19.1. The average Bonchev–Trinajstić information content (AvgIpc) is 3.56. The third-order valence-electron chi connectivity index (χ3n) is 8.28. The SMILES string of the molecule is O=C(C1CCCN(c2cccc3c2C(=O)N(CC2CCCO2)C3=O)C1)N1CCN(c2ccccc2F)CC1. The number of piperidine rings is 1. The summed E-state index contributed by atoms with van der Waals surface area (Å²) >= 11 is 0. The molecule has 0 radical (unpaired) electrons. The number of imide groups is 1. The van der Waals surface area contributed by atoms with Crippen LogP contribution in [0.2, 0.25) is 0 Å². The van der Waals surface area contributed by atoms with Gasteiger partial charge >= 0.3 is 0 Å². The summed E-state index contributed by atoms with van der Waals surface area (Å²) in [5, 5.41) is 0. The number of amides is 3. The molecule has 0 N–H and O–H groups in total. The van der Waals surface area contributed by atoms with E-state index in [-0.39, 0.29) is 42.1 Å². The van der Waals surface area contributed by atoms with E-state index < -0.39 is 0 Å². The van der Waals surface area contributed by atoms with Gasteiger partial charge in [-0.15, -0.1) is 0 Å². The first-order valence-electron chi connectivity index (χ1n) is 13.7. The molecule has 4 aliphatic rings. The Kier molecular flexibility index (Phi) is 6.78. The van der Waals surface area contributed by atoms with E-state index in [1.54, 1.807) is 18.2 Å². The highest BCUT2D eigenvalue weighted by molar-refractivity contribution is 6.23. The van der Waals surface area contributed by atoms with Gasteiger partial charge in [0.15, 0.2) is 0 Å². The number of piperazine rings is 1. The van der Waals surface area contributed by atoms with E-state index in [4.69, 9.17) is 4.74 Å². The summed E-state index contributed by atoms with van der Waals surface area (Å²) in [6.45, 7) is 4.47. The molecule has 3 amide bonds. The van der Waals surface area contributed by atoms with Crippen LogP contribution in [0.25, 0.3) is 0 Å². The van der Waals surface area contributed by atoms with E-state index >= 15 is 0 Å². The second kappa shape index (κ2) is 10.4. The van der Waals surface area contributed by atoms with Gasteiger partial charge in [-0.1, -0.05) is 18.2 Å². The number of halogens is 1. The van der Waals surface area contributed by atoms with Crippen molar-refractivity contribution in [2.24, 2.45) is 5.92 Å². The Bertz CT molecular complexity index is 1240. The zero-order chi connectivity index (χ0) is 26.2. The van der Waals surface area contributed by atoms with Crippen molar-refractivity contribution in [1.29, 1.82) is 0 Å². The van der Waals surface area contributed by atoms with Gasteiger partial charge < -0.3 is 19.4 Å². The van der Waals surface area contributed by atoms with Crippen LogP contribution in [0.15, 0.2) is 42.5 Å². The number of ether oxygens (including phenoxy) is 1. The lowest BCUT2D eigenvalue weighted by atomic mass is 9.94. The fourth-order valence-electron chi connectivity index (χ4n) is 6.27. The Labute approximate surface area is 221 Å². The predicted molar refractivity (Wildman–Crippen MR) is 141 cm³/mol. The summed E-state index contributed by atoms with van der Waals surface area (Å²) in [7, 11) is 0. The summed E-state index contributed by atoms with van der Waals surface area (Å²) in [6, 6.07) is 12.2. The predicted octanol–water partition coefficient (Wildman–Crippen LogP) is 3.17. The molecule has 38 heavy (non-hydrogen) atoms. The van der Waals surface area contributed by atoms with Crippen LogP contribution in [-0.2, 0) is 9.53 Å². The Hall–Kier alpha value is -3.46. The molecule has 4 heterocycles. The molecular weight excluding hydrogens is 487 g/mol. The van der Waals surface area contributed by atoms with Crippen molar-refractivity contribution in [3.8, 4) is 0 Å². The first kappa shape index (κ1) is 24.9. The van der Waals surface area contributed by atoms with E-state index in [1.165, 1.54) is 11.0 Å². The van der Waals surface area contributed by atoms with Crippen LogP contribution in [0.4, 0.5) is 15.8 Å². The van der Waals surface area contributed by atoms with Gasteiger partial charge in [0.05, 0.1) is 41.1 Å². The number of hydrogen-bond acceptors (Lipinski definition) is 6. The molecule has 0 saturated carbocycles. The van der Waals surface area contributed by atoms with Crippen LogP contribution in [0.1, 0.15) is 46.4 Å². The molecule has 3 fully saturated rings. The van der Waals surface area contributed by atoms with E-state index in [9.17, 15) is 18.8 Å². The molecular formula is C29H33FN4O4. The van der Waals surface area contributed by atoms with Crippen LogP contribution in [0.3, 0.4) is 0 Å². The number of para-hydroxylation sites is 1. The van der Waals surface area contributed by atoms with Crippen LogP contribution < -0.4 is 9.80 Å². The fraction of sp³-hybridized carbons (Fsp3) is 0.483. The van der Waals surface area contributed by atoms with Gasteiger partial charge in [-0.05, 0) is 49.9 Å². The van der Waals surface area contributed by atoms with Crippen LogP contribution >= 0.6 is 0 Å². The van der Waals surface area contributed by atoms with Crippen molar-refractivity contribution in [3.05, 3.63) is 59.4 Å². The maximum Gasteiger partial charge on any atom is 0.263 e. The second-order valence-electron chi connectivity index (χ2n) is 10.6. The average molecular weight is 521 g/mol. The van der Waals surface area contributed by atoms with Gasteiger partial charge in [-0.25, -0.2) is 4.39 Å². The number of anilines is 2. The minimum atomic E-state index is -0.270.